The molecular formula is C22H23ClN2OS. The van der Waals surface area contributed by atoms with Crippen LogP contribution in [0, 0.1) is 0 Å². The van der Waals surface area contributed by atoms with Gasteiger partial charge in [-0.3, -0.25) is 4.79 Å². The lowest BCUT2D eigenvalue weighted by atomic mass is 10.0. The molecule has 0 aliphatic carbocycles. The third-order valence-corrected chi connectivity index (χ3v) is 5.69. The molecule has 0 fully saturated rings. The largest absolute Gasteiger partial charge is 0.300 e. The second-order valence-electron chi connectivity index (χ2n) is 6.49. The number of carbonyl (C=O) groups is 1. The van der Waals surface area contributed by atoms with Crippen LogP contribution in [0.2, 0.25) is 0 Å². The van der Waals surface area contributed by atoms with Crippen LogP contribution in [0.1, 0.15) is 46.7 Å². The highest BCUT2D eigenvalue weighted by molar-refractivity contribution is 7.15. The average Bonchev–Trinajstić information content (AvgIpc) is 3.14. The molecule has 3 rings (SSSR count). The summed E-state index contributed by atoms with van der Waals surface area (Å²) in [7, 11) is 0. The fourth-order valence-corrected chi connectivity index (χ4v) is 3.84. The number of aromatic nitrogens is 1. The fourth-order valence-electron chi connectivity index (χ4n) is 2.80. The van der Waals surface area contributed by atoms with Gasteiger partial charge in [0.2, 0.25) is 5.91 Å². The molecule has 1 unspecified atom stereocenters. The molecule has 1 atom stereocenters. The Kier molecular flexibility index (Phi) is 7.02. The van der Waals surface area contributed by atoms with E-state index in [4.69, 9.17) is 11.6 Å². The van der Waals surface area contributed by atoms with Gasteiger partial charge in [0.1, 0.15) is 5.38 Å². The van der Waals surface area contributed by atoms with Crippen molar-refractivity contribution in [1.82, 2.24) is 4.98 Å². The van der Waals surface area contributed by atoms with Crippen LogP contribution >= 0.6 is 22.9 Å². The topological polar surface area (TPSA) is 42.0 Å². The second kappa shape index (κ2) is 9.67. The Hall–Kier alpha value is -2.17. The van der Waals surface area contributed by atoms with E-state index in [1.54, 1.807) is 0 Å². The van der Waals surface area contributed by atoms with Crippen LogP contribution in [0.4, 0.5) is 5.13 Å². The second-order valence-corrected chi connectivity index (χ2v) is 8.04. The lowest BCUT2D eigenvalue weighted by Crippen LogP contribution is -2.17. The predicted molar refractivity (Wildman–Crippen MR) is 114 cm³/mol. The van der Waals surface area contributed by atoms with E-state index in [1.807, 2.05) is 36.5 Å². The molecule has 3 nitrogen and oxygen atoms in total. The van der Waals surface area contributed by atoms with E-state index in [0.717, 1.165) is 23.3 Å². The van der Waals surface area contributed by atoms with Crippen LogP contribution in [-0.2, 0) is 17.6 Å². The first kappa shape index (κ1) is 19.6. The van der Waals surface area contributed by atoms with Crippen molar-refractivity contribution >= 4 is 34.0 Å². The molecule has 3 aromatic rings. The zero-order chi connectivity index (χ0) is 19.1. The Morgan fingerprint density at radius 1 is 1.11 bits per heavy atom. The molecule has 1 heterocycles. The van der Waals surface area contributed by atoms with Crippen LogP contribution in [0.25, 0.3) is 0 Å². The van der Waals surface area contributed by atoms with Gasteiger partial charge in [-0.1, -0.05) is 67.9 Å². The molecule has 140 valence electrons. The highest BCUT2D eigenvalue weighted by Crippen LogP contribution is 2.25. The van der Waals surface area contributed by atoms with Crippen molar-refractivity contribution in [1.29, 1.82) is 0 Å². The number of aryl methyl sites for hydroxylation is 1. The average molecular weight is 399 g/mol. The summed E-state index contributed by atoms with van der Waals surface area (Å²) in [5, 5.41) is 2.67. The molecule has 0 aliphatic rings. The van der Waals surface area contributed by atoms with Crippen LogP contribution in [0.5, 0.6) is 0 Å². The minimum absolute atomic E-state index is 0.260. The van der Waals surface area contributed by atoms with E-state index < -0.39 is 5.38 Å². The maximum Gasteiger partial charge on any atom is 0.248 e. The van der Waals surface area contributed by atoms with Crippen molar-refractivity contribution in [3.8, 4) is 0 Å². The highest BCUT2D eigenvalue weighted by Gasteiger charge is 2.18. The van der Waals surface area contributed by atoms with E-state index in [0.29, 0.717) is 5.13 Å². The first-order valence-corrected chi connectivity index (χ1v) is 10.4. The van der Waals surface area contributed by atoms with Crippen molar-refractivity contribution in [3.05, 3.63) is 82.4 Å². The summed E-state index contributed by atoms with van der Waals surface area (Å²) >= 11 is 7.74. The molecule has 0 saturated carbocycles. The normalized spacial score (nSPS) is 11.9. The van der Waals surface area contributed by atoms with E-state index in [-0.39, 0.29) is 5.91 Å². The van der Waals surface area contributed by atoms with Crippen LogP contribution < -0.4 is 5.32 Å². The van der Waals surface area contributed by atoms with Crippen LogP contribution in [-0.4, -0.2) is 10.9 Å². The molecule has 0 radical (unpaired) electrons. The summed E-state index contributed by atoms with van der Waals surface area (Å²) in [4.78, 5) is 17.8. The number of nitrogens with one attached hydrogen (secondary N) is 1. The van der Waals surface area contributed by atoms with Gasteiger partial charge in [0.05, 0.1) is 0 Å². The molecule has 1 N–H and O–H groups in total. The van der Waals surface area contributed by atoms with Crippen LogP contribution in [0.15, 0.2) is 60.8 Å². The van der Waals surface area contributed by atoms with Crippen molar-refractivity contribution in [2.45, 2.75) is 38.0 Å². The fraction of sp³-hybridized carbons (Fsp3) is 0.273. The quantitative estimate of drug-likeness (QED) is 0.473. The number of carbonyl (C=O) groups excluding carboxylic acids is 1. The minimum atomic E-state index is -0.728. The molecule has 2 aromatic carbocycles. The first-order valence-electron chi connectivity index (χ1n) is 9.18. The summed E-state index contributed by atoms with van der Waals surface area (Å²) in [5.74, 6) is -0.260. The predicted octanol–water partition coefficient (Wildman–Crippen LogP) is 6.00. The van der Waals surface area contributed by atoms with Crippen molar-refractivity contribution < 1.29 is 4.79 Å². The number of benzene rings is 2. The summed E-state index contributed by atoms with van der Waals surface area (Å²) < 4.78 is 0. The number of unbranched alkanes of at least 4 members (excludes halogenated alkanes) is 1. The molecule has 0 aliphatic heterocycles. The number of thiazole rings is 1. The molecular weight excluding hydrogens is 376 g/mol. The first-order chi connectivity index (χ1) is 13.2. The van der Waals surface area contributed by atoms with Gasteiger partial charge in [0.25, 0.3) is 0 Å². The van der Waals surface area contributed by atoms with Crippen molar-refractivity contribution in [2.24, 2.45) is 0 Å². The van der Waals surface area contributed by atoms with Crippen LogP contribution in [0.3, 0.4) is 0 Å². The van der Waals surface area contributed by atoms with Gasteiger partial charge in [-0.2, -0.15) is 0 Å². The highest BCUT2D eigenvalue weighted by atomic mass is 35.5. The number of nitrogens with zero attached hydrogens (tertiary/aromatic N) is 1. The zero-order valence-corrected chi connectivity index (χ0v) is 16.9. The van der Waals surface area contributed by atoms with Crippen molar-refractivity contribution in [3.63, 3.8) is 0 Å². The van der Waals surface area contributed by atoms with E-state index >= 15 is 0 Å². The smallest absolute Gasteiger partial charge is 0.248 e. The number of amides is 1. The summed E-state index contributed by atoms with van der Waals surface area (Å²) in [5.41, 5.74) is 3.40. The number of rotatable bonds is 8. The van der Waals surface area contributed by atoms with Gasteiger partial charge in [-0.05, 0) is 29.5 Å². The molecule has 0 saturated heterocycles. The number of alkyl halides is 1. The van der Waals surface area contributed by atoms with Crippen molar-refractivity contribution in [2.75, 3.05) is 5.32 Å². The summed E-state index contributed by atoms with van der Waals surface area (Å²) in [6.07, 6.45) is 6.20. The Labute approximate surface area is 169 Å². The van der Waals surface area contributed by atoms with Gasteiger partial charge in [-0.15, -0.1) is 22.9 Å². The number of anilines is 1. The van der Waals surface area contributed by atoms with Gasteiger partial charge >= 0.3 is 0 Å². The number of hydrogen-bond acceptors (Lipinski definition) is 3. The van der Waals surface area contributed by atoms with Gasteiger partial charge < -0.3 is 5.32 Å². The third-order valence-electron chi connectivity index (χ3n) is 4.33. The molecule has 1 amide bonds. The third kappa shape index (κ3) is 5.65. The monoisotopic (exact) mass is 398 g/mol. The lowest BCUT2D eigenvalue weighted by Gasteiger charge is -2.08. The standard InChI is InChI=1S/C22H23ClN2OS/c1-2-3-7-16-10-12-17(13-11-16)14-19-15-24-22(27-19)25-21(26)20(23)18-8-5-4-6-9-18/h4-6,8-13,15,20H,2-3,7,14H2,1H3,(H,24,25,26). The maximum atomic E-state index is 12.3. The minimum Gasteiger partial charge on any atom is -0.300 e. The zero-order valence-electron chi connectivity index (χ0n) is 15.3. The SMILES string of the molecule is CCCCc1ccc(Cc2cnc(NC(=O)C(Cl)c3ccccc3)s2)cc1. The molecule has 27 heavy (non-hydrogen) atoms. The Bertz CT molecular complexity index is 862. The molecule has 0 bridgehead atoms. The maximum absolute atomic E-state index is 12.3. The lowest BCUT2D eigenvalue weighted by molar-refractivity contribution is -0.116. The Morgan fingerprint density at radius 2 is 1.81 bits per heavy atom. The molecule has 5 heteroatoms. The van der Waals surface area contributed by atoms with E-state index in [1.165, 1.54) is 35.3 Å². The summed E-state index contributed by atoms with van der Waals surface area (Å²) in [6, 6.07) is 18.1. The summed E-state index contributed by atoms with van der Waals surface area (Å²) in [6.45, 7) is 2.21. The van der Waals surface area contributed by atoms with Gasteiger partial charge in [0, 0.05) is 17.5 Å². The van der Waals surface area contributed by atoms with E-state index in [9.17, 15) is 4.79 Å². The van der Waals surface area contributed by atoms with E-state index in [2.05, 4.69) is 41.5 Å². The Balaban J connectivity index is 1.57. The Morgan fingerprint density at radius 3 is 2.52 bits per heavy atom. The molecule has 0 spiro atoms. The molecule has 1 aromatic heterocycles. The van der Waals surface area contributed by atoms with Gasteiger partial charge in [-0.25, -0.2) is 4.98 Å². The number of halogens is 1. The number of hydrogen-bond donors (Lipinski definition) is 1. The van der Waals surface area contributed by atoms with Gasteiger partial charge in [0.15, 0.2) is 5.13 Å².